The van der Waals surface area contributed by atoms with Crippen LogP contribution in [0.25, 0.3) is 11.1 Å². The van der Waals surface area contributed by atoms with E-state index in [-0.39, 0.29) is 17.8 Å². The van der Waals surface area contributed by atoms with Crippen LogP contribution in [0.4, 0.5) is 4.39 Å². The highest BCUT2D eigenvalue weighted by molar-refractivity contribution is 9.10. The second-order valence-electron chi connectivity index (χ2n) is 9.04. The summed E-state index contributed by atoms with van der Waals surface area (Å²) in [6.07, 6.45) is 6.11. The first-order valence-electron chi connectivity index (χ1n) is 10.9. The van der Waals surface area contributed by atoms with Crippen LogP contribution >= 0.6 is 15.9 Å². The first-order valence-corrected chi connectivity index (χ1v) is 11.7. The summed E-state index contributed by atoms with van der Waals surface area (Å²) in [4.78, 5) is 16.9. The van der Waals surface area contributed by atoms with E-state index in [9.17, 15) is 9.18 Å². The van der Waals surface area contributed by atoms with Crippen molar-refractivity contribution in [1.82, 2.24) is 14.8 Å². The molecule has 4 aromatic rings. The highest BCUT2D eigenvalue weighted by atomic mass is 79.9. The molecule has 0 saturated carbocycles. The Balaban J connectivity index is 1.60. The zero-order valence-corrected chi connectivity index (χ0v) is 20.8. The normalized spacial score (nSPS) is 12.4. The van der Waals surface area contributed by atoms with Crippen molar-refractivity contribution >= 4 is 21.9 Å². The minimum absolute atomic E-state index is 0.173. The molecule has 0 aliphatic carbocycles. The summed E-state index contributed by atoms with van der Waals surface area (Å²) in [7, 11) is 0. The van der Waals surface area contributed by atoms with Crippen LogP contribution in [0.3, 0.4) is 0 Å². The molecule has 0 radical (unpaired) electrons. The number of benzene rings is 2. The molecule has 0 N–H and O–H groups in total. The Labute approximate surface area is 206 Å². The number of ether oxygens (including phenoxy) is 1. The van der Waals surface area contributed by atoms with Crippen molar-refractivity contribution in [2.75, 3.05) is 0 Å². The number of esters is 1. The van der Waals surface area contributed by atoms with E-state index in [0.717, 1.165) is 26.9 Å². The molecule has 4 rings (SSSR count). The third-order valence-electron chi connectivity index (χ3n) is 5.21. The maximum atomic E-state index is 13.4. The van der Waals surface area contributed by atoms with Crippen LogP contribution in [0, 0.1) is 5.82 Å². The maximum Gasteiger partial charge on any atom is 0.338 e. The van der Waals surface area contributed by atoms with Crippen LogP contribution < -0.4 is 0 Å². The summed E-state index contributed by atoms with van der Waals surface area (Å²) in [5, 5.41) is 4.61. The smallest absolute Gasteiger partial charge is 0.338 e. The molecule has 174 valence electrons. The van der Waals surface area contributed by atoms with Gasteiger partial charge in [-0.2, -0.15) is 5.10 Å². The molecule has 1 unspecified atom stereocenters. The number of rotatable bonds is 6. The molecule has 0 bridgehead atoms. The van der Waals surface area contributed by atoms with Gasteiger partial charge >= 0.3 is 5.97 Å². The fraction of sp³-hybridized carbons (Fsp3) is 0.222. The molecular formula is C27H25BrFN3O2. The van der Waals surface area contributed by atoms with E-state index in [1.807, 2.05) is 55.9 Å². The number of hydrogen-bond donors (Lipinski definition) is 0. The second kappa shape index (κ2) is 9.89. The number of hydrogen-bond acceptors (Lipinski definition) is 4. The zero-order valence-electron chi connectivity index (χ0n) is 19.2. The maximum absolute atomic E-state index is 13.4. The van der Waals surface area contributed by atoms with Crippen molar-refractivity contribution < 1.29 is 13.9 Å². The largest absolute Gasteiger partial charge is 0.456 e. The fourth-order valence-electron chi connectivity index (χ4n) is 3.56. The van der Waals surface area contributed by atoms with Crippen LogP contribution in [0.1, 0.15) is 48.4 Å². The first kappa shape index (κ1) is 23.8. The summed E-state index contributed by atoms with van der Waals surface area (Å²) in [5.41, 5.74) is 3.63. The van der Waals surface area contributed by atoms with Gasteiger partial charge in [0, 0.05) is 28.9 Å². The Morgan fingerprint density at radius 1 is 1.00 bits per heavy atom. The van der Waals surface area contributed by atoms with Gasteiger partial charge in [-0.15, -0.1) is 0 Å². The van der Waals surface area contributed by atoms with Gasteiger partial charge in [0.05, 0.1) is 23.5 Å². The van der Waals surface area contributed by atoms with E-state index in [4.69, 9.17) is 4.74 Å². The Kier molecular flexibility index (Phi) is 6.93. The molecule has 1 atom stereocenters. The Morgan fingerprint density at radius 3 is 2.32 bits per heavy atom. The number of nitrogens with zero attached hydrogens (tertiary/aromatic N) is 3. The van der Waals surface area contributed by atoms with Crippen molar-refractivity contribution in [3.63, 3.8) is 0 Å². The predicted octanol–water partition coefficient (Wildman–Crippen LogP) is 6.63. The number of halogens is 2. The Bertz CT molecular complexity index is 1260. The number of aromatic nitrogens is 3. The SMILES string of the molecule is CC(C)(C)OC(=O)c1ccc(-c2cnn(C(Cc3ccc(F)cc3)c3ccc(Br)cn3)c2)cc1. The number of carbonyl (C=O) groups is 1. The molecule has 0 fully saturated rings. The molecule has 2 aromatic carbocycles. The van der Waals surface area contributed by atoms with Crippen LogP contribution in [0.15, 0.2) is 83.7 Å². The molecule has 34 heavy (non-hydrogen) atoms. The second-order valence-corrected chi connectivity index (χ2v) is 9.95. The Hall–Kier alpha value is -3.32. The molecule has 0 aliphatic rings. The number of pyridine rings is 1. The van der Waals surface area contributed by atoms with E-state index in [0.29, 0.717) is 12.0 Å². The Morgan fingerprint density at radius 2 is 1.71 bits per heavy atom. The van der Waals surface area contributed by atoms with Gasteiger partial charge in [-0.05, 0) is 84.2 Å². The summed E-state index contributed by atoms with van der Waals surface area (Å²) >= 11 is 3.43. The van der Waals surface area contributed by atoms with E-state index in [2.05, 4.69) is 26.0 Å². The van der Waals surface area contributed by atoms with Crippen LogP contribution in [-0.2, 0) is 11.2 Å². The average molecular weight is 522 g/mol. The lowest BCUT2D eigenvalue weighted by Gasteiger charge is -2.19. The van der Waals surface area contributed by atoms with Gasteiger partial charge in [-0.3, -0.25) is 9.67 Å². The van der Waals surface area contributed by atoms with Crippen molar-refractivity contribution in [3.05, 3.63) is 106 Å². The molecule has 5 nitrogen and oxygen atoms in total. The zero-order chi connectivity index (χ0) is 24.3. The lowest BCUT2D eigenvalue weighted by Crippen LogP contribution is -2.23. The van der Waals surface area contributed by atoms with Gasteiger partial charge in [0.15, 0.2) is 0 Å². The van der Waals surface area contributed by atoms with Gasteiger partial charge in [0.25, 0.3) is 0 Å². The third-order valence-corrected chi connectivity index (χ3v) is 5.68. The predicted molar refractivity (Wildman–Crippen MR) is 133 cm³/mol. The molecule has 0 saturated heterocycles. The molecule has 7 heteroatoms. The molecule has 2 aromatic heterocycles. The molecule has 2 heterocycles. The lowest BCUT2D eigenvalue weighted by molar-refractivity contribution is 0.00695. The lowest BCUT2D eigenvalue weighted by atomic mass is 10.0. The fourth-order valence-corrected chi connectivity index (χ4v) is 3.79. The van der Waals surface area contributed by atoms with Gasteiger partial charge in [0.2, 0.25) is 0 Å². The van der Waals surface area contributed by atoms with Gasteiger partial charge in [-0.1, -0.05) is 24.3 Å². The summed E-state index contributed by atoms with van der Waals surface area (Å²) in [5.74, 6) is -0.617. The molecule has 0 aliphatic heterocycles. The van der Waals surface area contributed by atoms with Crippen molar-refractivity contribution in [1.29, 1.82) is 0 Å². The van der Waals surface area contributed by atoms with Crippen LogP contribution in [0.2, 0.25) is 0 Å². The molecule has 0 amide bonds. The standard InChI is InChI=1S/C27H25BrFN3O2/c1-27(2,3)34-26(33)20-8-6-19(7-9-20)21-15-31-32(17-21)25(24-13-10-22(28)16-30-24)14-18-4-11-23(29)12-5-18/h4-13,15-17,25H,14H2,1-3H3. The average Bonchev–Trinajstić information content (AvgIpc) is 3.28. The molecular weight excluding hydrogens is 497 g/mol. The van der Waals surface area contributed by atoms with E-state index in [1.54, 1.807) is 36.7 Å². The van der Waals surface area contributed by atoms with Crippen LogP contribution in [0.5, 0.6) is 0 Å². The van der Waals surface area contributed by atoms with Crippen molar-refractivity contribution in [2.45, 2.75) is 38.8 Å². The summed E-state index contributed by atoms with van der Waals surface area (Å²) in [6.45, 7) is 5.53. The van der Waals surface area contributed by atoms with Gasteiger partial charge < -0.3 is 4.74 Å². The highest BCUT2D eigenvalue weighted by Crippen LogP contribution is 2.26. The first-order chi connectivity index (χ1) is 16.2. The number of carbonyl (C=O) groups excluding carboxylic acids is 1. The quantitative estimate of drug-likeness (QED) is 0.267. The van der Waals surface area contributed by atoms with E-state index in [1.165, 1.54) is 12.1 Å². The van der Waals surface area contributed by atoms with Gasteiger partial charge in [0.1, 0.15) is 11.4 Å². The topological polar surface area (TPSA) is 57.0 Å². The minimum atomic E-state index is -0.544. The van der Waals surface area contributed by atoms with E-state index < -0.39 is 5.60 Å². The van der Waals surface area contributed by atoms with Crippen molar-refractivity contribution in [3.8, 4) is 11.1 Å². The summed E-state index contributed by atoms with van der Waals surface area (Å²) < 4.78 is 21.6. The molecule has 0 spiro atoms. The highest BCUT2D eigenvalue weighted by Gasteiger charge is 2.20. The third kappa shape index (κ3) is 5.97. The van der Waals surface area contributed by atoms with Gasteiger partial charge in [-0.25, -0.2) is 9.18 Å². The summed E-state index contributed by atoms with van der Waals surface area (Å²) in [6, 6.07) is 17.5. The monoisotopic (exact) mass is 521 g/mol. The van der Waals surface area contributed by atoms with Crippen LogP contribution in [-0.4, -0.2) is 26.3 Å². The minimum Gasteiger partial charge on any atom is -0.456 e. The van der Waals surface area contributed by atoms with Crippen molar-refractivity contribution in [2.24, 2.45) is 0 Å². The van der Waals surface area contributed by atoms with E-state index >= 15 is 0 Å².